The molecule has 0 aromatic carbocycles. The van der Waals surface area contributed by atoms with E-state index in [1.165, 1.54) is 12.3 Å². The maximum Gasteiger partial charge on any atom is 0.433 e. The molecular formula is C11H15F3N2O. The van der Waals surface area contributed by atoms with Crippen molar-refractivity contribution in [3.8, 4) is 0 Å². The summed E-state index contributed by atoms with van der Waals surface area (Å²) in [6, 6.07) is 2.34. The van der Waals surface area contributed by atoms with Crippen molar-refractivity contribution in [1.82, 2.24) is 4.98 Å². The van der Waals surface area contributed by atoms with Crippen LogP contribution in [0.4, 0.5) is 18.9 Å². The van der Waals surface area contributed by atoms with Gasteiger partial charge in [-0.15, -0.1) is 0 Å². The minimum atomic E-state index is -4.39. The Labute approximate surface area is 98.0 Å². The Balaban J connectivity index is 2.56. The van der Waals surface area contributed by atoms with Crippen molar-refractivity contribution in [2.75, 3.05) is 18.5 Å². The molecule has 0 amide bonds. The van der Waals surface area contributed by atoms with Crippen molar-refractivity contribution >= 4 is 5.69 Å². The minimum Gasteiger partial charge on any atom is -0.380 e. The number of pyridine rings is 1. The van der Waals surface area contributed by atoms with E-state index in [0.29, 0.717) is 18.9 Å². The lowest BCUT2D eigenvalue weighted by atomic mass is 10.3. The van der Waals surface area contributed by atoms with Gasteiger partial charge < -0.3 is 10.1 Å². The van der Waals surface area contributed by atoms with E-state index >= 15 is 0 Å². The Morgan fingerprint density at radius 1 is 1.41 bits per heavy atom. The predicted molar refractivity (Wildman–Crippen MR) is 58.8 cm³/mol. The largest absolute Gasteiger partial charge is 0.433 e. The van der Waals surface area contributed by atoms with Gasteiger partial charge in [0.1, 0.15) is 5.69 Å². The van der Waals surface area contributed by atoms with Crippen LogP contribution in [0.25, 0.3) is 0 Å². The van der Waals surface area contributed by atoms with Crippen molar-refractivity contribution in [3.05, 3.63) is 24.0 Å². The van der Waals surface area contributed by atoms with Crippen molar-refractivity contribution in [1.29, 1.82) is 0 Å². The number of hydrogen-bond acceptors (Lipinski definition) is 3. The molecule has 96 valence electrons. The first-order chi connectivity index (χ1) is 7.93. The van der Waals surface area contributed by atoms with Gasteiger partial charge in [0.25, 0.3) is 0 Å². The molecule has 0 spiro atoms. The summed E-state index contributed by atoms with van der Waals surface area (Å²) in [5.74, 6) is 0. The van der Waals surface area contributed by atoms with Gasteiger partial charge in [0.15, 0.2) is 0 Å². The van der Waals surface area contributed by atoms with E-state index in [1.807, 2.05) is 13.8 Å². The van der Waals surface area contributed by atoms with Gasteiger partial charge in [0.05, 0.1) is 18.5 Å². The molecule has 0 aliphatic carbocycles. The molecule has 17 heavy (non-hydrogen) atoms. The molecule has 1 N–H and O–H groups in total. The third-order valence-corrected chi connectivity index (χ3v) is 2.04. The van der Waals surface area contributed by atoms with Crippen LogP contribution >= 0.6 is 0 Å². The first-order valence-corrected chi connectivity index (χ1v) is 5.31. The van der Waals surface area contributed by atoms with Crippen LogP contribution < -0.4 is 5.32 Å². The zero-order chi connectivity index (χ0) is 12.9. The fourth-order valence-electron chi connectivity index (χ4n) is 1.27. The van der Waals surface area contributed by atoms with Gasteiger partial charge in [-0.25, -0.2) is 4.98 Å². The smallest absolute Gasteiger partial charge is 0.380 e. The van der Waals surface area contributed by atoms with Gasteiger partial charge in [-0.2, -0.15) is 13.2 Å². The van der Waals surface area contributed by atoms with Crippen LogP contribution in [0.5, 0.6) is 0 Å². The number of aromatic nitrogens is 1. The number of ether oxygens (including phenoxy) is 1. The summed E-state index contributed by atoms with van der Waals surface area (Å²) in [5, 5.41) is 3.00. The summed E-state index contributed by atoms with van der Waals surface area (Å²) in [7, 11) is 0. The molecule has 0 aliphatic rings. The van der Waals surface area contributed by atoms with Crippen LogP contribution in [-0.2, 0) is 10.9 Å². The molecule has 0 radical (unpaired) electrons. The van der Waals surface area contributed by atoms with E-state index in [2.05, 4.69) is 10.3 Å². The van der Waals surface area contributed by atoms with Crippen LogP contribution in [0, 0.1) is 0 Å². The van der Waals surface area contributed by atoms with Gasteiger partial charge in [0.2, 0.25) is 0 Å². The standard InChI is InChI=1S/C11H15F3N2O/c1-3-17-7-8(2)16-9-4-5-10(15-6-9)11(12,13)14/h4-6,8,16H,3,7H2,1-2H3. The van der Waals surface area contributed by atoms with Crippen LogP contribution in [0.15, 0.2) is 18.3 Å². The highest BCUT2D eigenvalue weighted by Crippen LogP contribution is 2.27. The fourth-order valence-corrected chi connectivity index (χ4v) is 1.27. The third kappa shape index (κ3) is 4.60. The topological polar surface area (TPSA) is 34.1 Å². The molecule has 1 heterocycles. The second kappa shape index (κ2) is 5.86. The Morgan fingerprint density at radius 2 is 2.12 bits per heavy atom. The summed E-state index contributed by atoms with van der Waals surface area (Å²) < 4.78 is 41.9. The average Bonchev–Trinajstić information content (AvgIpc) is 2.26. The quantitative estimate of drug-likeness (QED) is 0.869. The summed E-state index contributed by atoms with van der Waals surface area (Å²) in [6.07, 6.45) is -3.22. The number of nitrogens with zero attached hydrogens (tertiary/aromatic N) is 1. The molecule has 1 unspecified atom stereocenters. The van der Waals surface area contributed by atoms with Crippen molar-refractivity contribution in [2.45, 2.75) is 26.1 Å². The van der Waals surface area contributed by atoms with Gasteiger partial charge in [-0.1, -0.05) is 0 Å². The average molecular weight is 248 g/mol. The second-order valence-electron chi connectivity index (χ2n) is 3.63. The van der Waals surface area contributed by atoms with Gasteiger partial charge in [-0.05, 0) is 26.0 Å². The molecule has 0 aliphatic heterocycles. The normalized spacial score (nSPS) is 13.5. The van der Waals surface area contributed by atoms with Gasteiger partial charge in [-0.3, -0.25) is 0 Å². The molecule has 6 heteroatoms. The maximum atomic E-state index is 12.2. The molecule has 1 rings (SSSR count). The van der Waals surface area contributed by atoms with Crippen LogP contribution in [0.2, 0.25) is 0 Å². The van der Waals surface area contributed by atoms with Crippen LogP contribution in [0.1, 0.15) is 19.5 Å². The highest BCUT2D eigenvalue weighted by atomic mass is 19.4. The Kier molecular flexibility index (Phi) is 4.74. The van der Waals surface area contributed by atoms with Crippen LogP contribution in [-0.4, -0.2) is 24.2 Å². The van der Waals surface area contributed by atoms with Crippen molar-refractivity contribution < 1.29 is 17.9 Å². The number of hydrogen-bond donors (Lipinski definition) is 1. The predicted octanol–water partition coefficient (Wildman–Crippen LogP) is 2.94. The second-order valence-corrected chi connectivity index (χ2v) is 3.63. The summed E-state index contributed by atoms with van der Waals surface area (Å²) in [5.41, 5.74) is -0.342. The Hall–Kier alpha value is -1.30. The van der Waals surface area contributed by atoms with Crippen molar-refractivity contribution in [3.63, 3.8) is 0 Å². The monoisotopic (exact) mass is 248 g/mol. The molecule has 1 aromatic rings. The van der Waals surface area contributed by atoms with Crippen LogP contribution in [0.3, 0.4) is 0 Å². The Morgan fingerprint density at radius 3 is 2.59 bits per heavy atom. The first-order valence-electron chi connectivity index (χ1n) is 5.31. The minimum absolute atomic E-state index is 0.0217. The first kappa shape index (κ1) is 13.8. The molecule has 1 atom stereocenters. The van der Waals surface area contributed by atoms with E-state index in [-0.39, 0.29) is 6.04 Å². The number of alkyl halides is 3. The molecule has 3 nitrogen and oxygen atoms in total. The van der Waals surface area contributed by atoms with Crippen molar-refractivity contribution in [2.24, 2.45) is 0 Å². The Bertz CT molecular complexity index is 338. The molecule has 0 saturated carbocycles. The highest BCUT2D eigenvalue weighted by Gasteiger charge is 2.31. The molecule has 0 saturated heterocycles. The number of nitrogens with one attached hydrogen (secondary N) is 1. The molecule has 0 bridgehead atoms. The number of rotatable bonds is 5. The summed E-state index contributed by atoms with van der Waals surface area (Å²) >= 11 is 0. The lowest BCUT2D eigenvalue weighted by Crippen LogP contribution is -2.22. The summed E-state index contributed by atoms with van der Waals surface area (Å²) in [4.78, 5) is 3.35. The van der Waals surface area contributed by atoms with E-state index in [1.54, 1.807) is 0 Å². The van der Waals surface area contributed by atoms with E-state index in [9.17, 15) is 13.2 Å². The molecular weight excluding hydrogens is 233 g/mol. The lowest BCUT2D eigenvalue weighted by Gasteiger charge is -2.15. The molecule has 1 aromatic heterocycles. The maximum absolute atomic E-state index is 12.2. The number of anilines is 1. The SMILES string of the molecule is CCOCC(C)Nc1ccc(C(F)(F)F)nc1. The lowest BCUT2D eigenvalue weighted by molar-refractivity contribution is -0.141. The number of halogens is 3. The van der Waals surface area contributed by atoms with E-state index in [4.69, 9.17) is 4.74 Å². The van der Waals surface area contributed by atoms with E-state index in [0.717, 1.165) is 6.07 Å². The third-order valence-electron chi connectivity index (χ3n) is 2.04. The summed E-state index contributed by atoms with van der Waals surface area (Å²) in [6.45, 7) is 4.87. The van der Waals surface area contributed by atoms with Gasteiger partial charge in [0, 0.05) is 12.6 Å². The van der Waals surface area contributed by atoms with Gasteiger partial charge >= 0.3 is 6.18 Å². The zero-order valence-corrected chi connectivity index (χ0v) is 9.71. The molecule has 0 fully saturated rings. The fraction of sp³-hybridized carbons (Fsp3) is 0.545. The zero-order valence-electron chi connectivity index (χ0n) is 9.71. The highest BCUT2D eigenvalue weighted by molar-refractivity contribution is 5.42. The van der Waals surface area contributed by atoms with E-state index < -0.39 is 11.9 Å².